The number of nitrogens with one attached hydrogen (secondary N) is 1. The first-order chi connectivity index (χ1) is 16.4. The fraction of sp³-hybridized carbons (Fsp3) is 0.154. The molecule has 3 N–H and O–H groups in total. The number of aromatic nitrogens is 3. The number of nitrogens with two attached hydrogens (primary N) is 1. The first-order valence-corrected chi connectivity index (χ1v) is 11.7. The maximum absolute atomic E-state index is 13.3. The third-order valence-electron chi connectivity index (χ3n) is 5.72. The number of hydrogen-bond acceptors (Lipinski definition) is 8. The molecule has 1 unspecified atom stereocenters. The van der Waals surface area contributed by atoms with Crippen molar-refractivity contribution in [3.8, 4) is 22.0 Å². The van der Waals surface area contributed by atoms with Crippen molar-refractivity contribution in [1.29, 1.82) is 0 Å². The summed E-state index contributed by atoms with van der Waals surface area (Å²) in [5.74, 6) is 0.585. The highest BCUT2D eigenvalue weighted by atomic mass is 32.1. The van der Waals surface area contributed by atoms with Crippen LogP contribution >= 0.6 is 11.3 Å². The molecule has 170 valence electrons. The van der Waals surface area contributed by atoms with E-state index in [-0.39, 0.29) is 11.5 Å². The Kier molecular flexibility index (Phi) is 5.59. The maximum atomic E-state index is 13.3. The van der Waals surface area contributed by atoms with Crippen LogP contribution in [-0.4, -0.2) is 15.2 Å². The molecule has 8 heteroatoms. The summed E-state index contributed by atoms with van der Waals surface area (Å²) in [4.78, 5) is 17.8. The number of fused-ring (bicyclic) bond motifs is 1. The summed E-state index contributed by atoms with van der Waals surface area (Å²) in [7, 11) is 0. The predicted octanol–water partition coefficient (Wildman–Crippen LogP) is 5.75. The predicted molar refractivity (Wildman–Crippen MR) is 137 cm³/mol. The molecule has 0 aliphatic rings. The highest BCUT2D eigenvalue weighted by Gasteiger charge is 2.20. The number of benzene rings is 2. The molecule has 7 nitrogen and oxygen atoms in total. The van der Waals surface area contributed by atoms with Crippen LogP contribution in [0.25, 0.3) is 33.0 Å². The summed E-state index contributed by atoms with van der Waals surface area (Å²) >= 11 is 1.28. The Bertz CT molecular complexity index is 1560. The van der Waals surface area contributed by atoms with Gasteiger partial charge in [0.15, 0.2) is 10.4 Å². The number of hydrogen-bond donors (Lipinski definition) is 2. The van der Waals surface area contributed by atoms with E-state index in [1.165, 1.54) is 11.3 Å². The van der Waals surface area contributed by atoms with Gasteiger partial charge in [-0.2, -0.15) is 0 Å². The molecular weight excluding hydrogens is 446 g/mol. The Hall–Kier alpha value is -4.04. The van der Waals surface area contributed by atoms with Gasteiger partial charge in [0, 0.05) is 22.9 Å². The molecule has 0 bridgehead atoms. The molecule has 0 spiro atoms. The lowest BCUT2D eigenvalue weighted by atomic mass is 9.98. The summed E-state index contributed by atoms with van der Waals surface area (Å²) < 4.78 is 6.43. The fourth-order valence-corrected chi connectivity index (χ4v) is 4.71. The van der Waals surface area contributed by atoms with Gasteiger partial charge in [0.25, 0.3) is 0 Å². The fourth-order valence-electron chi connectivity index (χ4n) is 4.09. The van der Waals surface area contributed by atoms with Crippen molar-refractivity contribution < 1.29 is 4.42 Å². The van der Waals surface area contributed by atoms with E-state index in [2.05, 4.69) is 20.5 Å². The van der Waals surface area contributed by atoms with Crippen LogP contribution in [0.4, 0.5) is 10.8 Å². The summed E-state index contributed by atoms with van der Waals surface area (Å²) in [6.45, 7) is 5.82. The molecule has 0 radical (unpaired) electrons. The standard InChI is InChI=1S/C26H23N5O2S/c1-14-12-18(16(3)29-20-10-7-11-28-21(20)25-30-31-26(27)34-25)24-19(13-14)22(32)15(2)23(33-24)17-8-5-4-6-9-17/h4-13,16,29H,1-3H3,(H2,27,31). The molecule has 3 heterocycles. The number of anilines is 2. The minimum Gasteiger partial charge on any atom is -0.455 e. The maximum Gasteiger partial charge on any atom is 0.203 e. The van der Waals surface area contributed by atoms with Crippen LogP contribution in [0.3, 0.4) is 0 Å². The lowest BCUT2D eigenvalue weighted by Gasteiger charge is -2.19. The zero-order chi connectivity index (χ0) is 23.8. The van der Waals surface area contributed by atoms with Gasteiger partial charge in [-0.15, -0.1) is 10.2 Å². The van der Waals surface area contributed by atoms with Crippen LogP contribution in [0.2, 0.25) is 0 Å². The molecule has 3 aromatic heterocycles. The lowest BCUT2D eigenvalue weighted by Crippen LogP contribution is -2.13. The molecule has 0 saturated carbocycles. The minimum atomic E-state index is -0.190. The molecule has 0 aliphatic carbocycles. The summed E-state index contributed by atoms with van der Waals surface area (Å²) in [5.41, 5.74) is 11.1. The Morgan fingerprint density at radius 1 is 1.06 bits per heavy atom. The minimum absolute atomic E-state index is 0.0244. The third kappa shape index (κ3) is 3.92. The van der Waals surface area contributed by atoms with Crippen molar-refractivity contribution in [3.63, 3.8) is 0 Å². The van der Waals surface area contributed by atoms with Gasteiger partial charge in [0.1, 0.15) is 17.0 Å². The summed E-state index contributed by atoms with van der Waals surface area (Å²) in [5, 5.41) is 13.2. The van der Waals surface area contributed by atoms with Gasteiger partial charge in [-0.1, -0.05) is 47.7 Å². The molecule has 2 aromatic carbocycles. The Morgan fingerprint density at radius 3 is 2.59 bits per heavy atom. The lowest BCUT2D eigenvalue weighted by molar-refractivity contribution is 0.605. The molecule has 5 rings (SSSR count). The first kappa shape index (κ1) is 21.8. The van der Waals surface area contributed by atoms with E-state index in [0.717, 1.165) is 22.4 Å². The van der Waals surface area contributed by atoms with Gasteiger partial charge >= 0.3 is 0 Å². The van der Waals surface area contributed by atoms with Gasteiger partial charge in [0.05, 0.1) is 17.1 Å². The molecule has 0 saturated heterocycles. The SMILES string of the molecule is Cc1cc(C(C)Nc2cccnc2-c2nnc(N)s2)c2oc(-c3ccccc3)c(C)c(=O)c2c1. The molecule has 0 amide bonds. The Labute approximate surface area is 200 Å². The van der Waals surface area contributed by atoms with Gasteiger partial charge in [-0.05, 0) is 44.5 Å². The average Bonchev–Trinajstić information content (AvgIpc) is 3.28. The van der Waals surface area contributed by atoms with Crippen LogP contribution in [0.1, 0.15) is 29.7 Å². The third-order valence-corrected chi connectivity index (χ3v) is 6.48. The van der Waals surface area contributed by atoms with E-state index in [4.69, 9.17) is 10.2 Å². The monoisotopic (exact) mass is 469 g/mol. The van der Waals surface area contributed by atoms with E-state index in [9.17, 15) is 4.79 Å². The van der Waals surface area contributed by atoms with E-state index in [0.29, 0.717) is 38.1 Å². The van der Waals surface area contributed by atoms with Crippen molar-refractivity contribution in [3.05, 3.63) is 87.7 Å². The first-order valence-electron chi connectivity index (χ1n) is 10.9. The summed E-state index contributed by atoms with van der Waals surface area (Å²) in [6.07, 6.45) is 1.71. The molecule has 0 fully saturated rings. The van der Waals surface area contributed by atoms with Crippen LogP contribution < -0.4 is 16.5 Å². The van der Waals surface area contributed by atoms with Crippen LogP contribution in [0.15, 0.2) is 70.0 Å². The highest BCUT2D eigenvalue weighted by Crippen LogP contribution is 2.34. The second-order valence-electron chi connectivity index (χ2n) is 8.19. The summed E-state index contributed by atoms with van der Waals surface area (Å²) in [6, 6.07) is 17.2. The van der Waals surface area contributed by atoms with Crippen LogP contribution in [0.5, 0.6) is 0 Å². The van der Waals surface area contributed by atoms with E-state index in [1.807, 2.05) is 75.4 Å². The zero-order valence-electron chi connectivity index (χ0n) is 19.0. The number of rotatable bonds is 5. The largest absolute Gasteiger partial charge is 0.455 e. The molecule has 0 aliphatic heterocycles. The van der Waals surface area contributed by atoms with Crippen molar-refractivity contribution in [2.75, 3.05) is 11.1 Å². The van der Waals surface area contributed by atoms with Crippen LogP contribution in [0, 0.1) is 13.8 Å². The van der Waals surface area contributed by atoms with Crippen molar-refractivity contribution >= 4 is 33.1 Å². The van der Waals surface area contributed by atoms with E-state index in [1.54, 1.807) is 6.20 Å². The van der Waals surface area contributed by atoms with Crippen LogP contribution in [-0.2, 0) is 0 Å². The van der Waals surface area contributed by atoms with E-state index >= 15 is 0 Å². The van der Waals surface area contributed by atoms with Crippen molar-refractivity contribution in [1.82, 2.24) is 15.2 Å². The van der Waals surface area contributed by atoms with Gasteiger partial charge < -0.3 is 15.5 Å². The molecule has 34 heavy (non-hydrogen) atoms. The average molecular weight is 470 g/mol. The Balaban J connectivity index is 1.63. The van der Waals surface area contributed by atoms with E-state index < -0.39 is 0 Å². The molecular formula is C26H23N5O2S. The topological polar surface area (TPSA) is 107 Å². The zero-order valence-corrected chi connectivity index (χ0v) is 19.8. The van der Waals surface area contributed by atoms with Crippen molar-refractivity contribution in [2.45, 2.75) is 26.8 Å². The van der Waals surface area contributed by atoms with Gasteiger partial charge in [-0.25, -0.2) is 0 Å². The number of pyridine rings is 1. The second-order valence-corrected chi connectivity index (χ2v) is 9.20. The molecule has 1 atom stereocenters. The highest BCUT2D eigenvalue weighted by molar-refractivity contribution is 7.18. The number of nitrogens with zero attached hydrogens (tertiary/aromatic N) is 3. The quantitative estimate of drug-likeness (QED) is 0.338. The van der Waals surface area contributed by atoms with Gasteiger partial charge in [-0.3, -0.25) is 9.78 Å². The normalized spacial score (nSPS) is 12.1. The second kappa shape index (κ2) is 8.72. The number of aryl methyl sites for hydroxylation is 1. The smallest absolute Gasteiger partial charge is 0.203 e. The Morgan fingerprint density at radius 2 is 1.85 bits per heavy atom. The van der Waals surface area contributed by atoms with Gasteiger partial charge in [0.2, 0.25) is 5.13 Å². The number of nitrogen functional groups attached to an aromatic ring is 1. The van der Waals surface area contributed by atoms with Crippen molar-refractivity contribution in [2.24, 2.45) is 0 Å². The molecule has 5 aromatic rings.